The third-order valence-electron chi connectivity index (χ3n) is 2.25. The highest BCUT2D eigenvalue weighted by Gasteiger charge is 2.22. The summed E-state index contributed by atoms with van der Waals surface area (Å²) in [6.07, 6.45) is 3.90. The molecule has 0 aromatic carbocycles. The molecule has 1 unspecified atom stereocenters. The van der Waals surface area contributed by atoms with Crippen molar-refractivity contribution in [3.63, 3.8) is 0 Å². The van der Waals surface area contributed by atoms with Crippen molar-refractivity contribution in [3.8, 4) is 0 Å². The number of hydrogen-bond acceptors (Lipinski definition) is 5. The van der Waals surface area contributed by atoms with E-state index in [2.05, 4.69) is 0 Å². The number of carbonyl (C=O) groups excluding carboxylic acids is 2. The summed E-state index contributed by atoms with van der Waals surface area (Å²) in [4.78, 5) is 21.6. The lowest BCUT2D eigenvalue weighted by atomic mass is 10.1. The van der Waals surface area contributed by atoms with Gasteiger partial charge in [0.2, 0.25) is 0 Å². The summed E-state index contributed by atoms with van der Waals surface area (Å²) in [5, 5.41) is 0. The van der Waals surface area contributed by atoms with Crippen molar-refractivity contribution in [1.82, 2.24) is 0 Å². The minimum atomic E-state index is -0.340. The zero-order valence-corrected chi connectivity index (χ0v) is 9.51. The van der Waals surface area contributed by atoms with Crippen LogP contribution < -0.4 is 5.73 Å². The fourth-order valence-electron chi connectivity index (χ4n) is 1.70. The standard InChI is InChI=1S/C11H17NO4/c1-7(13)15-10-3-4-11(16-8(2)14)6-9(12)5-10/h3-4,9-11H,5-6,12H2,1-2H3/t9?,10-,11+. The quantitative estimate of drug-likeness (QED) is 0.550. The summed E-state index contributed by atoms with van der Waals surface area (Å²) in [6.45, 7) is 2.71. The number of hydrogen-bond donors (Lipinski definition) is 1. The molecule has 1 aliphatic carbocycles. The first-order valence-electron chi connectivity index (χ1n) is 5.25. The molecule has 2 N–H and O–H groups in total. The summed E-state index contributed by atoms with van der Waals surface area (Å²) in [5.41, 5.74) is 5.84. The fraction of sp³-hybridized carbons (Fsp3) is 0.636. The summed E-state index contributed by atoms with van der Waals surface area (Å²) in [5.74, 6) is -0.680. The second kappa shape index (κ2) is 5.65. The van der Waals surface area contributed by atoms with Gasteiger partial charge in [0, 0.05) is 32.7 Å². The van der Waals surface area contributed by atoms with E-state index < -0.39 is 0 Å². The molecule has 0 aromatic heterocycles. The topological polar surface area (TPSA) is 78.6 Å². The zero-order chi connectivity index (χ0) is 12.1. The number of carbonyl (C=O) groups is 2. The van der Waals surface area contributed by atoms with Crippen molar-refractivity contribution < 1.29 is 19.1 Å². The lowest BCUT2D eigenvalue weighted by molar-refractivity contribution is -0.145. The summed E-state index contributed by atoms with van der Waals surface area (Å²) < 4.78 is 10.1. The Morgan fingerprint density at radius 2 is 1.44 bits per heavy atom. The van der Waals surface area contributed by atoms with Crippen molar-refractivity contribution in [3.05, 3.63) is 12.2 Å². The van der Waals surface area contributed by atoms with Gasteiger partial charge in [-0.15, -0.1) is 0 Å². The lowest BCUT2D eigenvalue weighted by Gasteiger charge is -2.17. The van der Waals surface area contributed by atoms with Crippen LogP contribution in [0, 0.1) is 0 Å². The van der Waals surface area contributed by atoms with Crippen molar-refractivity contribution in [2.75, 3.05) is 0 Å². The highest BCUT2D eigenvalue weighted by Crippen LogP contribution is 2.16. The van der Waals surface area contributed by atoms with Crippen molar-refractivity contribution in [2.45, 2.75) is 44.9 Å². The highest BCUT2D eigenvalue weighted by atomic mass is 16.5. The van der Waals surface area contributed by atoms with Gasteiger partial charge in [-0.05, 0) is 12.2 Å². The van der Waals surface area contributed by atoms with Crippen LogP contribution in [-0.2, 0) is 19.1 Å². The molecule has 0 spiro atoms. The van der Waals surface area contributed by atoms with E-state index in [-0.39, 0.29) is 30.2 Å². The van der Waals surface area contributed by atoms with Gasteiger partial charge in [0.15, 0.2) is 0 Å². The van der Waals surface area contributed by atoms with Crippen molar-refractivity contribution >= 4 is 11.9 Å². The molecule has 0 fully saturated rings. The Morgan fingerprint density at radius 1 is 1.06 bits per heavy atom. The average molecular weight is 227 g/mol. The van der Waals surface area contributed by atoms with Gasteiger partial charge in [-0.2, -0.15) is 0 Å². The molecule has 0 aromatic rings. The lowest BCUT2D eigenvalue weighted by Crippen LogP contribution is -2.29. The van der Waals surface area contributed by atoms with Crippen LogP contribution in [0.5, 0.6) is 0 Å². The first-order chi connectivity index (χ1) is 7.47. The molecular weight excluding hydrogens is 210 g/mol. The maximum atomic E-state index is 10.8. The van der Waals surface area contributed by atoms with Crippen LogP contribution in [0.25, 0.3) is 0 Å². The van der Waals surface area contributed by atoms with E-state index in [1.807, 2.05) is 0 Å². The predicted octanol–water partition coefficient (Wildman–Crippen LogP) is 0.527. The Bertz CT molecular complexity index is 272. The van der Waals surface area contributed by atoms with Gasteiger partial charge in [-0.3, -0.25) is 9.59 Å². The van der Waals surface area contributed by atoms with Gasteiger partial charge in [-0.1, -0.05) is 0 Å². The smallest absolute Gasteiger partial charge is 0.303 e. The van der Waals surface area contributed by atoms with E-state index in [9.17, 15) is 9.59 Å². The van der Waals surface area contributed by atoms with Crippen LogP contribution in [0.15, 0.2) is 12.2 Å². The summed E-state index contributed by atoms with van der Waals surface area (Å²) in [6, 6.07) is -0.149. The third-order valence-corrected chi connectivity index (χ3v) is 2.25. The van der Waals surface area contributed by atoms with Gasteiger partial charge < -0.3 is 15.2 Å². The number of nitrogens with two attached hydrogens (primary N) is 1. The largest absolute Gasteiger partial charge is 0.458 e. The first kappa shape index (κ1) is 12.7. The second-order valence-corrected chi connectivity index (χ2v) is 3.91. The van der Waals surface area contributed by atoms with E-state index in [1.165, 1.54) is 13.8 Å². The third kappa shape index (κ3) is 4.44. The van der Waals surface area contributed by atoms with Gasteiger partial charge in [0.1, 0.15) is 12.2 Å². The number of ether oxygens (including phenoxy) is 2. The maximum absolute atomic E-state index is 10.8. The Balaban J connectivity index is 2.60. The molecule has 16 heavy (non-hydrogen) atoms. The minimum absolute atomic E-state index is 0.149. The van der Waals surface area contributed by atoms with E-state index >= 15 is 0 Å². The molecule has 3 atom stereocenters. The summed E-state index contributed by atoms with van der Waals surface area (Å²) in [7, 11) is 0. The predicted molar refractivity (Wildman–Crippen MR) is 57.5 cm³/mol. The molecular formula is C11H17NO4. The molecule has 0 bridgehead atoms. The number of rotatable bonds is 2. The number of esters is 2. The second-order valence-electron chi connectivity index (χ2n) is 3.91. The molecule has 0 aliphatic heterocycles. The molecule has 0 amide bonds. The molecule has 0 heterocycles. The molecule has 0 radical (unpaired) electrons. The van der Waals surface area contributed by atoms with Gasteiger partial charge >= 0.3 is 11.9 Å². The average Bonchev–Trinajstić information content (AvgIpc) is 2.25. The molecule has 5 nitrogen and oxygen atoms in total. The Labute approximate surface area is 94.6 Å². The van der Waals surface area contributed by atoms with Crippen LogP contribution in [0.2, 0.25) is 0 Å². The Kier molecular flexibility index (Phi) is 4.49. The van der Waals surface area contributed by atoms with Gasteiger partial charge in [0.25, 0.3) is 0 Å². The zero-order valence-electron chi connectivity index (χ0n) is 9.51. The molecule has 90 valence electrons. The van der Waals surface area contributed by atoms with Gasteiger partial charge in [-0.25, -0.2) is 0 Å². The van der Waals surface area contributed by atoms with E-state index in [0.29, 0.717) is 12.8 Å². The first-order valence-corrected chi connectivity index (χ1v) is 5.25. The van der Waals surface area contributed by atoms with E-state index in [0.717, 1.165) is 0 Å². The monoisotopic (exact) mass is 227 g/mol. The molecule has 1 aliphatic rings. The van der Waals surface area contributed by atoms with Crippen LogP contribution in [0.4, 0.5) is 0 Å². The van der Waals surface area contributed by atoms with E-state index in [1.54, 1.807) is 12.2 Å². The molecule has 1 rings (SSSR count). The molecule has 0 saturated carbocycles. The van der Waals surface area contributed by atoms with Crippen LogP contribution in [0.1, 0.15) is 26.7 Å². The van der Waals surface area contributed by atoms with Crippen LogP contribution in [-0.4, -0.2) is 30.2 Å². The van der Waals surface area contributed by atoms with Crippen LogP contribution in [0.3, 0.4) is 0 Å². The van der Waals surface area contributed by atoms with Gasteiger partial charge in [0.05, 0.1) is 0 Å². The summed E-state index contributed by atoms with van der Waals surface area (Å²) >= 11 is 0. The highest BCUT2D eigenvalue weighted by molar-refractivity contribution is 5.66. The normalized spacial score (nSPS) is 29.3. The Hall–Kier alpha value is -1.36. The maximum Gasteiger partial charge on any atom is 0.303 e. The minimum Gasteiger partial charge on any atom is -0.458 e. The SMILES string of the molecule is CC(=O)O[C@@H]1C=C[C@H](OC(C)=O)CC(N)C1. The van der Waals surface area contributed by atoms with Crippen molar-refractivity contribution in [2.24, 2.45) is 5.73 Å². The van der Waals surface area contributed by atoms with Crippen LogP contribution >= 0.6 is 0 Å². The molecule has 5 heteroatoms. The Morgan fingerprint density at radius 3 is 1.75 bits per heavy atom. The fourth-order valence-corrected chi connectivity index (χ4v) is 1.70. The molecule has 0 saturated heterocycles. The van der Waals surface area contributed by atoms with Crippen molar-refractivity contribution in [1.29, 1.82) is 0 Å². The van der Waals surface area contributed by atoms with E-state index in [4.69, 9.17) is 15.2 Å².